The number of carbonyl (C=O) groups excluding carboxylic acids is 1. The summed E-state index contributed by atoms with van der Waals surface area (Å²) in [5.74, 6) is 1.76. The molecule has 1 aliphatic rings. The highest BCUT2D eigenvalue weighted by molar-refractivity contribution is 7.98. The minimum atomic E-state index is -0.552. The molecule has 0 saturated heterocycles. The Hall–Kier alpha value is -3.33. The minimum Gasteiger partial charge on any atom is -0.497 e. The highest BCUT2D eigenvalue weighted by Gasteiger charge is 2.34. The van der Waals surface area contributed by atoms with Crippen LogP contribution in [-0.4, -0.2) is 34.8 Å². The van der Waals surface area contributed by atoms with Crippen LogP contribution in [0.2, 0.25) is 0 Å². The fourth-order valence-corrected chi connectivity index (χ4v) is 4.56. The van der Waals surface area contributed by atoms with Gasteiger partial charge in [0.15, 0.2) is 5.78 Å². The average molecular weight is 455 g/mol. The van der Waals surface area contributed by atoms with Crippen LogP contribution in [0.25, 0.3) is 0 Å². The number of benzene rings is 2. The summed E-state index contributed by atoms with van der Waals surface area (Å²) in [5.41, 5.74) is 2.55. The molecule has 2 heterocycles. The number of allylic oxidation sites excluding steroid dienone is 2. The van der Waals surface area contributed by atoms with Gasteiger partial charge in [0.25, 0.3) is 0 Å². The van der Waals surface area contributed by atoms with Crippen LogP contribution >= 0.6 is 11.8 Å². The van der Waals surface area contributed by atoms with Crippen LogP contribution in [0.3, 0.4) is 0 Å². The van der Waals surface area contributed by atoms with Gasteiger partial charge in [-0.25, -0.2) is 9.07 Å². The van der Waals surface area contributed by atoms with Gasteiger partial charge in [-0.05, 0) is 43.7 Å². The number of fused-ring (bicyclic) bond motifs is 1. The lowest BCUT2D eigenvalue weighted by atomic mass is 9.92. The maximum absolute atomic E-state index is 14.0. The van der Waals surface area contributed by atoms with Crippen LogP contribution < -0.4 is 14.8 Å². The van der Waals surface area contributed by atoms with E-state index in [1.165, 1.54) is 24.8 Å². The highest BCUT2D eigenvalue weighted by Crippen LogP contribution is 2.41. The van der Waals surface area contributed by atoms with Crippen molar-refractivity contribution in [1.29, 1.82) is 0 Å². The first-order chi connectivity index (χ1) is 15.4. The number of methoxy groups -OCH3 is 2. The van der Waals surface area contributed by atoms with Crippen molar-refractivity contribution in [2.45, 2.75) is 30.8 Å². The number of anilines is 1. The Morgan fingerprint density at radius 1 is 1.22 bits per heavy atom. The molecule has 166 valence electrons. The van der Waals surface area contributed by atoms with E-state index in [-0.39, 0.29) is 11.6 Å². The van der Waals surface area contributed by atoms with Gasteiger partial charge in [-0.3, -0.25) is 4.79 Å². The molecule has 9 heteroatoms. The SMILES string of the molecule is COc1ccc(OC)c(C2C(C(C)=O)=C(C)Nc3nc(SCc4ccccc4F)nn32)c1. The fourth-order valence-electron chi connectivity index (χ4n) is 3.75. The van der Waals surface area contributed by atoms with Gasteiger partial charge in [0.1, 0.15) is 23.4 Å². The Morgan fingerprint density at radius 2 is 2.00 bits per heavy atom. The van der Waals surface area contributed by atoms with Crippen molar-refractivity contribution in [3.8, 4) is 11.5 Å². The van der Waals surface area contributed by atoms with Crippen molar-refractivity contribution < 1.29 is 18.7 Å². The van der Waals surface area contributed by atoms with E-state index in [0.29, 0.717) is 45.2 Å². The van der Waals surface area contributed by atoms with Gasteiger partial charge in [0.2, 0.25) is 11.1 Å². The number of ketones is 1. The van der Waals surface area contributed by atoms with Crippen LogP contribution in [0.4, 0.5) is 10.3 Å². The smallest absolute Gasteiger partial charge is 0.227 e. The van der Waals surface area contributed by atoms with Crippen LogP contribution in [0.15, 0.2) is 58.9 Å². The van der Waals surface area contributed by atoms with Crippen LogP contribution in [-0.2, 0) is 10.5 Å². The number of hydrogen-bond donors (Lipinski definition) is 1. The second-order valence-electron chi connectivity index (χ2n) is 7.27. The van der Waals surface area contributed by atoms with Crippen LogP contribution in [0.1, 0.15) is 31.0 Å². The Balaban J connectivity index is 1.76. The van der Waals surface area contributed by atoms with Crippen molar-refractivity contribution in [1.82, 2.24) is 14.8 Å². The van der Waals surface area contributed by atoms with Crippen molar-refractivity contribution >= 4 is 23.5 Å². The quantitative estimate of drug-likeness (QED) is 0.523. The van der Waals surface area contributed by atoms with E-state index in [1.807, 2.05) is 13.0 Å². The van der Waals surface area contributed by atoms with E-state index in [4.69, 9.17) is 9.47 Å². The first-order valence-electron chi connectivity index (χ1n) is 9.96. The Morgan fingerprint density at radius 3 is 2.69 bits per heavy atom. The third-order valence-electron chi connectivity index (χ3n) is 5.26. The molecule has 0 radical (unpaired) electrons. The summed E-state index contributed by atoms with van der Waals surface area (Å²) in [4.78, 5) is 17.2. The predicted octanol–water partition coefficient (Wildman–Crippen LogP) is 4.60. The number of thioether (sulfide) groups is 1. The van der Waals surface area contributed by atoms with E-state index < -0.39 is 6.04 Å². The van der Waals surface area contributed by atoms with Gasteiger partial charge < -0.3 is 14.8 Å². The molecule has 3 aromatic rings. The van der Waals surface area contributed by atoms with Crippen molar-refractivity contribution in [3.05, 3.63) is 70.7 Å². The van der Waals surface area contributed by atoms with Crippen molar-refractivity contribution in [2.24, 2.45) is 0 Å². The molecule has 1 atom stereocenters. The molecule has 4 rings (SSSR count). The Labute approximate surface area is 189 Å². The summed E-state index contributed by atoms with van der Waals surface area (Å²) in [6, 6.07) is 11.5. The second-order valence-corrected chi connectivity index (χ2v) is 8.22. The summed E-state index contributed by atoms with van der Waals surface area (Å²) in [6.07, 6.45) is 0. The lowest BCUT2D eigenvalue weighted by Gasteiger charge is -2.29. The molecule has 0 saturated carbocycles. The number of nitrogens with one attached hydrogen (secondary N) is 1. The number of ether oxygens (including phenoxy) is 2. The van der Waals surface area contributed by atoms with E-state index >= 15 is 0 Å². The van der Waals surface area contributed by atoms with Gasteiger partial charge in [-0.15, -0.1) is 5.10 Å². The van der Waals surface area contributed by atoms with Gasteiger partial charge >= 0.3 is 0 Å². The molecule has 32 heavy (non-hydrogen) atoms. The molecule has 1 aromatic heterocycles. The third kappa shape index (κ3) is 4.08. The number of hydrogen-bond acceptors (Lipinski definition) is 7. The summed E-state index contributed by atoms with van der Waals surface area (Å²) in [6.45, 7) is 3.36. The summed E-state index contributed by atoms with van der Waals surface area (Å²) >= 11 is 1.32. The molecule has 0 amide bonds. The minimum absolute atomic E-state index is 0.0911. The van der Waals surface area contributed by atoms with Gasteiger partial charge in [0, 0.05) is 22.6 Å². The fraction of sp³-hybridized carbons (Fsp3) is 0.261. The molecule has 1 unspecified atom stereocenters. The van der Waals surface area contributed by atoms with E-state index in [1.54, 1.807) is 49.2 Å². The first kappa shape index (κ1) is 21.9. The summed E-state index contributed by atoms with van der Waals surface area (Å²) < 4.78 is 26.7. The lowest BCUT2D eigenvalue weighted by Crippen LogP contribution is -2.28. The summed E-state index contributed by atoms with van der Waals surface area (Å²) in [7, 11) is 3.16. The largest absolute Gasteiger partial charge is 0.497 e. The normalized spacial score (nSPS) is 15.2. The lowest BCUT2D eigenvalue weighted by molar-refractivity contribution is -0.114. The van der Waals surface area contributed by atoms with Crippen molar-refractivity contribution in [2.75, 3.05) is 19.5 Å². The van der Waals surface area contributed by atoms with Gasteiger partial charge in [-0.1, -0.05) is 30.0 Å². The maximum Gasteiger partial charge on any atom is 0.227 e. The van der Waals surface area contributed by atoms with E-state index in [9.17, 15) is 9.18 Å². The number of halogens is 1. The molecule has 0 fully saturated rings. The van der Waals surface area contributed by atoms with E-state index in [2.05, 4.69) is 15.4 Å². The molecule has 1 N–H and O–H groups in total. The number of carbonyl (C=O) groups is 1. The standard InChI is InChI=1S/C23H23FN4O3S/c1-13-20(14(2)29)21(17-11-16(30-3)9-10-19(17)31-4)28-22(25-13)26-23(27-28)32-12-15-7-5-6-8-18(15)24/h5-11,21H,12H2,1-4H3,(H,25,26,27). The summed E-state index contributed by atoms with van der Waals surface area (Å²) in [5, 5.41) is 8.30. The maximum atomic E-state index is 14.0. The predicted molar refractivity (Wildman–Crippen MR) is 121 cm³/mol. The second kappa shape index (κ2) is 9.04. The molecule has 1 aliphatic heterocycles. The zero-order valence-corrected chi connectivity index (χ0v) is 19.0. The third-order valence-corrected chi connectivity index (χ3v) is 6.14. The average Bonchev–Trinajstić information content (AvgIpc) is 3.19. The molecular weight excluding hydrogens is 431 g/mol. The topological polar surface area (TPSA) is 78.3 Å². The zero-order chi connectivity index (χ0) is 22.8. The van der Waals surface area contributed by atoms with Crippen LogP contribution in [0.5, 0.6) is 11.5 Å². The Bertz CT molecular complexity index is 1210. The molecule has 0 spiro atoms. The number of nitrogens with zero attached hydrogens (tertiary/aromatic N) is 3. The van der Waals surface area contributed by atoms with E-state index in [0.717, 1.165) is 5.56 Å². The molecular formula is C23H23FN4O3S. The molecule has 2 aromatic carbocycles. The Kier molecular flexibility index (Phi) is 6.18. The van der Waals surface area contributed by atoms with Crippen LogP contribution in [0, 0.1) is 5.82 Å². The first-order valence-corrected chi connectivity index (χ1v) is 10.9. The number of Topliss-reactive ketones (excluding diaryl/α,β-unsaturated/α-hetero) is 1. The zero-order valence-electron chi connectivity index (χ0n) is 18.2. The van der Waals surface area contributed by atoms with Crippen molar-refractivity contribution in [3.63, 3.8) is 0 Å². The monoisotopic (exact) mass is 454 g/mol. The van der Waals surface area contributed by atoms with Gasteiger partial charge in [0.05, 0.1) is 14.2 Å². The molecule has 0 bridgehead atoms. The van der Waals surface area contributed by atoms with Gasteiger partial charge in [-0.2, -0.15) is 4.98 Å². The molecule has 7 nitrogen and oxygen atoms in total. The number of rotatable bonds is 7. The molecule has 0 aliphatic carbocycles. The number of aromatic nitrogens is 3. The highest BCUT2D eigenvalue weighted by atomic mass is 32.2.